The topological polar surface area (TPSA) is 63.6 Å². The number of rotatable bonds is 3. The Kier molecular flexibility index (Phi) is 4.05. The Balaban J connectivity index is 2.57. The van der Waals surface area contributed by atoms with Crippen molar-refractivity contribution in [2.75, 3.05) is 0 Å². The van der Waals surface area contributed by atoms with Gasteiger partial charge in [-0.15, -0.1) is 0 Å². The lowest BCUT2D eigenvalue weighted by Gasteiger charge is -2.09. The monoisotopic (exact) mass is 222 g/mol. The number of hydrogen-bond acceptors (Lipinski definition) is 4. The van der Waals surface area contributed by atoms with Crippen LogP contribution in [0.2, 0.25) is 0 Å². The first-order chi connectivity index (χ1) is 7.49. The van der Waals surface area contributed by atoms with Crippen molar-refractivity contribution < 1.29 is 19.4 Å². The van der Waals surface area contributed by atoms with Gasteiger partial charge in [0.1, 0.15) is 5.75 Å². The number of benzene rings is 1. The summed E-state index contributed by atoms with van der Waals surface area (Å²) < 4.78 is 4.48. The van der Waals surface area contributed by atoms with Crippen LogP contribution in [0, 0.1) is 5.92 Å². The Bertz CT molecular complexity index is 381. The van der Waals surface area contributed by atoms with Crippen LogP contribution in [0.5, 0.6) is 5.75 Å². The van der Waals surface area contributed by atoms with Crippen LogP contribution in [0.4, 0.5) is 0 Å². The van der Waals surface area contributed by atoms with E-state index in [1.807, 2.05) is 0 Å². The molecular formula is C12H14O4. The van der Waals surface area contributed by atoms with Crippen molar-refractivity contribution in [2.45, 2.75) is 20.3 Å². The highest BCUT2D eigenvalue weighted by Gasteiger charge is 2.16. The number of esters is 2. The highest BCUT2D eigenvalue weighted by molar-refractivity contribution is 5.85. The molecule has 0 aliphatic rings. The molecule has 0 spiro atoms. The van der Waals surface area contributed by atoms with Gasteiger partial charge in [0.05, 0.1) is 5.92 Å². The molecule has 0 aromatic heterocycles. The van der Waals surface area contributed by atoms with Gasteiger partial charge in [0.25, 0.3) is 0 Å². The number of carbonyl (C=O) groups excluding carboxylic acids is 2. The van der Waals surface area contributed by atoms with Crippen LogP contribution in [0.25, 0.3) is 0 Å². The van der Waals surface area contributed by atoms with Gasteiger partial charge in [-0.05, 0) is 24.1 Å². The zero-order valence-electron chi connectivity index (χ0n) is 9.27. The van der Waals surface area contributed by atoms with Crippen LogP contribution in [-0.2, 0) is 20.7 Å². The first kappa shape index (κ1) is 12.2. The molecule has 0 amide bonds. The first-order valence-electron chi connectivity index (χ1n) is 4.99. The molecule has 0 saturated heterocycles. The van der Waals surface area contributed by atoms with Gasteiger partial charge in [0.2, 0.25) is 0 Å². The fraction of sp³-hybridized carbons (Fsp3) is 0.333. The molecule has 0 saturated carbocycles. The van der Waals surface area contributed by atoms with E-state index >= 15 is 0 Å². The average molecular weight is 222 g/mol. The van der Waals surface area contributed by atoms with Crippen LogP contribution in [0.3, 0.4) is 0 Å². The average Bonchev–Trinajstić information content (AvgIpc) is 2.20. The summed E-state index contributed by atoms with van der Waals surface area (Å²) in [5.41, 5.74) is 0.908. The van der Waals surface area contributed by atoms with E-state index in [1.165, 1.54) is 6.92 Å². The summed E-state index contributed by atoms with van der Waals surface area (Å²) >= 11 is 0. The Morgan fingerprint density at radius 3 is 2.38 bits per heavy atom. The van der Waals surface area contributed by atoms with E-state index in [0.717, 1.165) is 5.56 Å². The van der Waals surface area contributed by atoms with Crippen LogP contribution in [0.15, 0.2) is 24.3 Å². The molecule has 0 unspecified atom stereocenters. The highest BCUT2D eigenvalue weighted by Crippen LogP contribution is 2.14. The third kappa shape index (κ3) is 3.73. The smallest absolute Gasteiger partial charge is 0.316 e. The van der Waals surface area contributed by atoms with Gasteiger partial charge in [0, 0.05) is 6.92 Å². The molecule has 4 heteroatoms. The molecule has 86 valence electrons. The summed E-state index contributed by atoms with van der Waals surface area (Å²) in [6.45, 7) is 2.89. The molecule has 1 aromatic carbocycles. The summed E-state index contributed by atoms with van der Waals surface area (Å²) in [5.74, 6) is -1.32. The number of ether oxygens (including phenoxy) is 1. The van der Waals surface area contributed by atoms with Gasteiger partial charge < -0.3 is 9.84 Å². The van der Waals surface area contributed by atoms with Gasteiger partial charge in [-0.2, -0.15) is 0 Å². The molecule has 1 rings (SSSR count). The van der Waals surface area contributed by atoms with Gasteiger partial charge >= 0.3 is 11.9 Å². The Morgan fingerprint density at radius 1 is 1.31 bits per heavy atom. The van der Waals surface area contributed by atoms with E-state index in [9.17, 15) is 9.59 Å². The zero-order valence-corrected chi connectivity index (χ0v) is 9.27. The highest BCUT2D eigenvalue weighted by atomic mass is 16.6. The van der Waals surface area contributed by atoms with Crippen molar-refractivity contribution in [1.82, 2.24) is 0 Å². The van der Waals surface area contributed by atoms with E-state index in [-0.39, 0.29) is 11.7 Å². The summed E-state index contributed by atoms with van der Waals surface area (Å²) in [6.07, 6.45) is 0.479. The Labute approximate surface area is 93.9 Å². The second-order valence-corrected chi connectivity index (χ2v) is 3.68. The van der Waals surface area contributed by atoms with E-state index in [2.05, 4.69) is 4.74 Å². The molecule has 0 aliphatic carbocycles. The summed E-state index contributed by atoms with van der Waals surface area (Å²) in [7, 11) is 0. The van der Waals surface area contributed by atoms with Crippen LogP contribution < -0.4 is 0 Å². The standard InChI is InChI=1S/C12H14O4/c1-8(12(15)16-9(2)13)7-10-3-5-11(14)6-4-10/h3-6,8,14H,7H2,1-2H3/t8-/m0/s1. The molecule has 0 aliphatic heterocycles. The van der Waals surface area contributed by atoms with Crippen LogP contribution >= 0.6 is 0 Å². The Hall–Kier alpha value is -1.84. The lowest BCUT2D eigenvalue weighted by atomic mass is 10.0. The fourth-order valence-corrected chi connectivity index (χ4v) is 1.31. The predicted octanol–water partition coefficient (Wildman–Crippen LogP) is 1.66. The summed E-state index contributed by atoms with van der Waals surface area (Å²) in [4.78, 5) is 21.9. The maximum Gasteiger partial charge on any atom is 0.316 e. The number of carbonyl (C=O) groups is 2. The molecule has 0 radical (unpaired) electrons. The lowest BCUT2D eigenvalue weighted by Crippen LogP contribution is -2.19. The maximum absolute atomic E-state index is 11.3. The normalized spacial score (nSPS) is 11.9. The fourth-order valence-electron chi connectivity index (χ4n) is 1.31. The second-order valence-electron chi connectivity index (χ2n) is 3.68. The van der Waals surface area contributed by atoms with Crippen LogP contribution in [0.1, 0.15) is 19.4 Å². The van der Waals surface area contributed by atoms with Crippen molar-refractivity contribution >= 4 is 11.9 Å². The SMILES string of the molecule is CC(=O)OC(=O)[C@@H](C)Cc1ccc(O)cc1. The molecule has 0 bridgehead atoms. The van der Waals surface area contributed by atoms with Crippen molar-refractivity contribution in [3.05, 3.63) is 29.8 Å². The van der Waals surface area contributed by atoms with Gasteiger partial charge in [-0.25, -0.2) is 0 Å². The largest absolute Gasteiger partial charge is 0.508 e. The van der Waals surface area contributed by atoms with E-state index in [1.54, 1.807) is 31.2 Å². The van der Waals surface area contributed by atoms with Gasteiger partial charge in [-0.1, -0.05) is 19.1 Å². The minimum absolute atomic E-state index is 0.183. The molecule has 4 nitrogen and oxygen atoms in total. The summed E-state index contributed by atoms with van der Waals surface area (Å²) in [5, 5.41) is 9.08. The molecule has 16 heavy (non-hydrogen) atoms. The number of phenols is 1. The van der Waals surface area contributed by atoms with E-state index < -0.39 is 11.9 Å². The predicted molar refractivity (Wildman–Crippen MR) is 57.7 cm³/mol. The van der Waals surface area contributed by atoms with E-state index in [0.29, 0.717) is 6.42 Å². The number of phenolic OH excluding ortho intramolecular Hbond substituents is 1. The van der Waals surface area contributed by atoms with Crippen molar-refractivity contribution in [3.63, 3.8) is 0 Å². The quantitative estimate of drug-likeness (QED) is 0.624. The van der Waals surface area contributed by atoms with Crippen molar-refractivity contribution in [1.29, 1.82) is 0 Å². The Morgan fingerprint density at radius 2 is 1.88 bits per heavy atom. The maximum atomic E-state index is 11.3. The number of hydrogen-bond donors (Lipinski definition) is 1. The molecule has 1 N–H and O–H groups in total. The molecule has 1 atom stereocenters. The third-order valence-corrected chi connectivity index (χ3v) is 2.12. The minimum atomic E-state index is -0.595. The van der Waals surface area contributed by atoms with Crippen molar-refractivity contribution in [3.8, 4) is 5.75 Å². The van der Waals surface area contributed by atoms with Gasteiger partial charge in [0.15, 0.2) is 0 Å². The van der Waals surface area contributed by atoms with Gasteiger partial charge in [-0.3, -0.25) is 9.59 Å². The second kappa shape index (κ2) is 5.30. The molecule has 0 heterocycles. The minimum Gasteiger partial charge on any atom is -0.508 e. The van der Waals surface area contributed by atoms with Crippen molar-refractivity contribution in [2.24, 2.45) is 5.92 Å². The zero-order chi connectivity index (χ0) is 12.1. The van der Waals surface area contributed by atoms with E-state index in [4.69, 9.17) is 5.11 Å². The first-order valence-corrected chi connectivity index (χ1v) is 4.99. The molecular weight excluding hydrogens is 208 g/mol. The third-order valence-electron chi connectivity index (χ3n) is 2.12. The molecule has 1 aromatic rings. The summed E-state index contributed by atoms with van der Waals surface area (Å²) in [6, 6.07) is 6.57. The lowest BCUT2D eigenvalue weighted by molar-refractivity contribution is -0.160. The number of aromatic hydroxyl groups is 1. The van der Waals surface area contributed by atoms with Crippen LogP contribution in [-0.4, -0.2) is 17.0 Å². The molecule has 0 fully saturated rings.